The van der Waals surface area contributed by atoms with Crippen LogP contribution in [0.2, 0.25) is 0 Å². The number of hydrogen-bond acceptors (Lipinski definition) is 3. The molecular weight excluding hydrogens is 237 g/mol. The molecule has 0 aromatic heterocycles. The van der Waals surface area contributed by atoms with Crippen LogP contribution in [-0.4, -0.2) is 37.9 Å². The summed E-state index contributed by atoms with van der Waals surface area (Å²) in [6.45, 7) is 2.58. The number of nitrogens with two attached hydrogens (primary N) is 1. The third-order valence-corrected chi connectivity index (χ3v) is 2.13. The van der Waals surface area contributed by atoms with E-state index in [0.29, 0.717) is 6.54 Å². The summed E-state index contributed by atoms with van der Waals surface area (Å²) >= 11 is 0. The molecule has 0 rings (SSSR count). The molecule has 1 unspecified atom stereocenters. The van der Waals surface area contributed by atoms with E-state index in [4.69, 9.17) is 5.73 Å². The molecule has 0 aliphatic rings. The van der Waals surface area contributed by atoms with E-state index in [9.17, 15) is 18.0 Å². The Morgan fingerprint density at radius 3 is 2.47 bits per heavy atom. The minimum atomic E-state index is -4.35. The summed E-state index contributed by atoms with van der Waals surface area (Å²) in [5, 5.41) is 2.54. The van der Waals surface area contributed by atoms with Crippen LogP contribution in [-0.2, 0) is 9.53 Å². The maximum atomic E-state index is 11.7. The van der Waals surface area contributed by atoms with E-state index in [1.807, 2.05) is 13.8 Å². The second kappa shape index (κ2) is 7.50. The van der Waals surface area contributed by atoms with E-state index < -0.39 is 12.8 Å². The van der Waals surface area contributed by atoms with Gasteiger partial charge >= 0.3 is 6.18 Å². The zero-order valence-electron chi connectivity index (χ0n) is 10.0. The molecular formula is C10H19F3N2O2. The van der Waals surface area contributed by atoms with Crippen molar-refractivity contribution in [1.82, 2.24) is 5.32 Å². The molecule has 0 saturated heterocycles. The molecule has 0 saturated carbocycles. The number of rotatable bonds is 7. The van der Waals surface area contributed by atoms with Crippen LogP contribution in [0, 0.1) is 5.92 Å². The topological polar surface area (TPSA) is 64.3 Å². The van der Waals surface area contributed by atoms with E-state index in [2.05, 4.69) is 10.1 Å². The molecule has 4 nitrogen and oxygen atoms in total. The Labute approximate surface area is 98.7 Å². The van der Waals surface area contributed by atoms with Crippen molar-refractivity contribution in [2.75, 3.05) is 19.8 Å². The monoisotopic (exact) mass is 256 g/mol. The lowest BCUT2D eigenvalue weighted by Gasteiger charge is -2.16. The largest absolute Gasteiger partial charge is 0.411 e. The second-order valence-corrected chi connectivity index (χ2v) is 4.13. The number of amides is 1. The maximum Gasteiger partial charge on any atom is 0.411 e. The van der Waals surface area contributed by atoms with Crippen molar-refractivity contribution in [1.29, 1.82) is 0 Å². The molecule has 0 bridgehead atoms. The number of carbonyl (C=O) groups excluding carboxylic acids is 1. The number of carbonyl (C=O) groups is 1. The molecule has 0 aromatic carbocycles. The Balaban J connectivity index is 3.54. The number of halogens is 3. The highest BCUT2D eigenvalue weighted by atomic mass is 19.4. The first kappa shape index (κ1) is 16.2. The Bertz CT molecular complexity index is 232. The van der Waals surface area contributed by atoms with Crippen molar-refractivity contribution in [3.05, 3.63) is 0 Å². The van der Waals surface area contributed by atoms with E-state index in [1.165, 1.54) is 0 Å². The van der Waals surface area contributed by atoms with Crippen LogP contribution in [0.5, 0.6) is 0 Å². The molecule has 102 valence electrons. The van der Waals surface area contributed by atoms with Gasteiger partial charge in [-0.25, -0.2) is 0 Å². The van der Waals surface area contributed by atoms with E-state index in [1.54, 1.807) is 0 Å². The van der Waals surface area contributed by atoms with Crippen molar-refractivity contribution >= 4 is 5.91 Å². The maximum absolute atomic E-state index is 11.7. The van der Waals surface area contributed by atoms with Gasteiger partial charge in [-0.05, 0) is 5.92 Å². The van der Waals surface area contributed by atoms with Crippen LogP contribution >= 0.6 is 0 Å². The molecule has 7 heteroatoms. The van der Waals surface area contributed by atoms with Gasteiger partial charge in [0, 0.05) is 19.0 Å². The van der Waals surface area contributed by atoms with Gasteiger partial charge in [0.2, 0.25) is 5.91 Å². The fourth-order valence-electron chi connectivity index (χ4n) is 0.909. The summed E-state index contributed by atoms with van der Waals surface area (Å²) in [5.74, 6) is -0.125. The van der Waals surface area contributed by atoms with Gasteiger partial charge in [0.25, 0.3) is 0 Å². The zero-order chi connectivity index (χ0) is 13.5. The number of nitrogens with one attached hydrogen (secondary N) is 1. The van der Waals surface area contributed by atoms with Gasteiger partial charge in [0.15, 0.2) is 0 Å². The summed E-state index contributed by atoms with van der Waals surface area (Å²) in [4.78, 5) is 11.2. The lowest BCUT2D eigenvalue weighted by molar-refractivity contribution is -0.174. The highest BCUT2D eigenvalue weighted by Gasteiger charge is 2.27. The molecule has 0 fully saturated rings. The zero-order valence-corrected chi connectivity index (χ0v) is 10.0. The summed E-state index contributed by atoms with van der Waals surface area (Å²) in [5.41, 5.74) is 5.68. The smallest absolute Gasteiger partial charge is 0.372 e. The predicted octanol–water partition coefficient (Wildman–Crippen LogP) is 1.05. The van der Waals surface area contributed by atoms with Crippen LogP contribution in [0.3, 0.4) is 0 Å². The van der Waals surface area contributed by atoms with Crippen molar-refractivity contribution in [3.63, 3.8) is 0 Å². The first-order valence-corrected chi connectivity index (χ1v) is 5.39. The average molecular weight is 256 g/mol. The quantitative estimate of drug-likeness (QED) is 0.669. The van der Waals surface area contributed by atoms with Crippen molar-refractivity contribution < 1.29 is 22.7 Å². The second-order valence-electron chi connectivity index (χ2n) is 4.13. The molecule has 17 heavy (non-hydrogen) atoms. The number of ether oxygens (including phenoxy) is 1. The SMILES string of the molecule is CC(C)C(N)CNC(=O)CCOCC(F)(F)F. The summed E-state index contributed by atoms with van der Waals surface area (Å²) in [7, 11) is 0. The fraction of sp³-hybridized carbons (Fsp3) is 0.900. The van der Waals surface area contributed by atoms with Crippen LogP contribution in [0.4, 0.5) is 13.2 Å². The normalized spacial score (nSPS) is 13.8. The van der Waals surface area contributed by atoms with Gasteiger partial charge in [0.05, 0.1) is 6.61 Å². The van der Waals surface area contributed by atoms with Crippen molar-refractivity contribution in [2.45, 2.75) is 32.5 Å². The third-order valence-electron chi connectivity index (χ3n) is 2.13. The van der Waals surface area contributed by atoms with Gasteiger partial charge in [0.1, 0.15) is 6.61 Å². The first-order valence-electron chi connectivity index (χ1n) is 5.39. The lowest BCUT2D eigenvalue weighted by atomic mass is 10.1. The molecule has 0 heterocycles. The molecule has 0 spiro atoms. The van der Waals surface area contributed by atoms with Crippen LogP contribution in [0.1, 0.15) is 20.3 Å². The van der Waals surface area contributed by atoms with Gasteiger partial charge in [-0.15, -0.1) is 0 Å². The average Bonchev–Trinajstić information content (AvgIpc) is 2.19. The van der Waals surface area contributed by atoms with Gasteiger partial charge < -0.3 is 15.8 Å². The van der Waals surface area contributed by atoms with E-state index >= 15 is 0 Å². The molecule has 0 aliphatic carbocycles. The molecule has 0 radical (unpaired) electrons. The molecule has 1 amide bonds. The van der Waals surface area contributed by atoms with Crippen LogP contribution in [0.15, 0.2) is 0 Å². The summed E-state index contributed by atoms with van der Waals surface area (Å²) in [6.07, 6.45) is -4.45. The van der Waals surface area contributed by atoms with Crippen molar-refractivity contribution in [2.24, 2.45) is 11.7 Å². The van der Waals surface area contributed by atoms with Gasteiger partial charge in [-0.1, -0.05) is 13.8 Å². The minimum absolute atomic E-state index is 0.0963. The van der Waals surface area contributed by atoms with E-state index in [-0.39, 0.29) is 30.9 Å². The third kappa shape index (κ3) is 10.1. The van der Waals surface area contributed by atoms with E-state index in [0.717, 1.165) is 0 Å². The lowest BCUT2D eigenvalue weighted by Crippen LogP contribution is -2.40. The molecule has 1 atom stereocenters. The minimum Gasteiger partial charge on any atom is -0.372 e. The highest BCUT2D eigenvalue weighted by molar-refractivity contribution is 5.75. The molecule has 3 N–H and O–H groups in total. The Morgan fingerprint density at radius 2 is 2.00 bits per heavy atom. The predicted molar refractivity (Wildman–Crippen MR) is 57.3 cm³/mol. The fourth-order valence-corrected chi connectivity index (χ4v) is 0.909. The highest BCUT2D eigenvalue weighted by Crippen LogP contribution is 2.14. The number of hydrogen-bond donors (Lipinski definition) is 2. The first-order chi connectivity index (χ1) is 7.72. The van der Waals surface area contributed by atoms with Crippen LogP contribution < -0.4 is 11.1 Å². The Kier molecular flexibility index (Phi) is 7.13. The van der Waals surface area contributed by atoms with Gasteiger partial charge in [-0.3, -0.25) is 4.79 Å². The standard InChI is InChI=1S/C10H19F3N2O2/c1-7(2)8(14)5-15-9(16)3-4-17-6-10(11,12)13/h7-8H,3-6,14H2,1-2H3,(H,15,16). The molecule has 0 aliphatic heterocycles. The Hall–Kier alpha value is -0.820. The summed E-state index contributed by atoms with van der Waals surface area (Å²) in [6, 6.07) is -0.157. The van der Waals surface area contributed by atoms with Crippen molar-refractivity contribution in [3.8, 4) is 0 Å². The summed E-state index contributed by atoms with van der Waals surface area (Å²) < 4.78 is 39.3. The number of alkyl halides is 3. The molecule has 0 aromatic rings. The van der Waals surface area contributed by atoms with Gasteiger partial charge in [-0.2, -0.15) is 13.2 Å². The Morgan fingerprint density at radius 1 is 1.41 bits per heavy atom. The van der Waals surface area contributed by atoms with Crippen LogP contribution in [0.25, 0.3) is 0 Å².